The summed E-state index contributed by atoms with van der Waals surface area (Å²) in [6, 6.07) is 35.8. The van der Waals surface area contributed by atoms with Crippen LogP contribution in [0.5, 0.6) is 0 Å². The smallest absolute Gasteiger partial charge is 0.362 e. The van der Waals surface area contributed by atoms with Crippen LogP contribution in [0.4, 0.5) is 5.69 Å². The Bertz CT molecular complexity index is 1810. The van der Waals surface area contributed by atoms with E-state index in [1.807, 2.05) is 18.2 Å². The Balaban J connectivity index is 0.000000379. The molecule has 5 aromatic rings. The minimum atomic E-state index is -1.45. The molecule has 0 N–H and O–H groups in total. The van der Waals surface area contributed by atoms with Gasteiger partial charge in [0, 0.05) is 42.7 Å². The summed E-state index contributed by atoms with van der Waals surface area (Å²) in [5.74, 6) is 0. The fourth-order valence-corrected chi connectivity index (χ4v) is 8.46. The number of aromatic nitrogens is 1. The molecule has 0 saturated heterocycles. The van der Waals surface area contributed by atoms with Crippen LogP contribution in [0, 0.1) is 6.92 Å². The maximum atomic E-state index is 2.57. The SMILES string of the molecule is CN(C)c1cc[n+]([B-]23c4c5cccc4C(C)(C)c4cccc(c42)C(C)(C)c2cccc(c23)C=C5)cc1.Cc1ccccc1. The second-order valence-corrected chi connectivity index (χ2v) is 13.8. The zero-order valence-electron chi connectivity index (χ0n) is 26.5. The van der Waals surface area contributed by atoms with Crippen LogP contribution < -0.4 is 25.8 Å². The average molecular weight is 561 g/mol. The van der Waals surface area contributed by atoms with E-state index in [1.165, 1.54) is 61.0 Å². The maximum Gasteiger partial charge on any atom is 0.362 e. The molecule has 3 aliphatic rings. The van der Waals surface area contributed by atoms with Crippen molar-refractivity contribution in [2.75, 3.05) is 19.0 Å². The number of pyridine rings is 1. The van der Waals surface area contributed by atoms with Crippen LogP contribution in [0.25, 0.3) is 12.2 Å². The van der Waals surface area contributed by atoms with Gasteiger partial charge in [0.2, 0.25) is 0 Å². The topological polar surface area (TPSA) is 7.12 Å². The zero-order valence-corrected chi connectivity index (χ0v) is 26.5. The molecule has 0 bridgehead atoms. The molecule has 8 rings (SSSR count). The van der Waals surface area contributed by atoms with Gasteiger partial charge in [-0.3, -0.25) is 0 Å². The standard InChI is InChI=1S/C33H33BN2.C7H8/c1-32(2)25-12-7-10-22-16-17-23-11-8-13-26-30(23)34(29(22)25,36-20-18-24(19-21-36)35(5)6)31-27(32)14-9-15-28(31)33(26,3)4;1-7-5-3-2-4-6-7/h7-21H,1-6H3;2-6H,1H3. The Hall–Kier alpha value is -4.37. The van der Waals surface area contributed by atoms with Crippen molar-refractivity contribution in [2.24, 2.45) is 0 Å². The highest BCUT2D eigenvalue weighted by atomic mass is 15.1. The van der Waals surface area contributed by atoms with Gasteiger partial charge >= 0.3 is 6.28 Å². The van der Waals surface area contributed by atoms with Gasteiger partial charge in [0.25, 0.3) is 0 Å². The molecule has 3 heteroatoms. The van der Waals surface area contributed by atoms with Crippen molar-refractivity contribution < 1.29 is 4.48 Å². The predicted molar refractivity (Wildman–Crippen MR) is 185 cm³/mol. The van der Waals surface area contributed by atoms with E-state index in [9.17, 15) is 0 Å². The molecule has 0 spiro atoms. The van der Waals surface area contributed by atoms with Crippen LogP contribution in [0.2, 0.25) is 0 Å². The van der Waals surface area contributed by atoms with Gasteiger partial charge in [0.05, 0.1) is 0 Å². The number of rotatable bonds is 2. The molecule has 214 valence electrons. The molecule has 2 nitrogen and oxygen atoms in total. The van der Waals surface area contributed by atoms with Crippen LogP contribution in [-0.2, 0) is 10.8 Å². The first-order valence-corrected chi connectivity index (χ1v) is 15.6. The van der Waals surface area contributed by atoms with Gasteiger partial charge in [0.15, 0.2) is 0 Å². The maximum absolute atomic E-state index is 2.57. The third-order valence-electron chi connectivity index (χ3n) is 10.5. The molecule has 4 heterocycles. The zero-order chi connectivity index (χ0) is 30.1. The van der Waals surface area contributed by atoms with Crippen molar-refractivity contribution in [3.63, 3.8) is 0 Å². The summed E-state index contributed by atoms with van der Waals surface area (Å²) in [4.78, 5) is 2.18. The van der Waals surface area contributed by atoms with E-state index in [0.717, 1.165) is 0 Å². The number of nitrogens with zero attached hydrogens (tertiary/aromatic N) is 2. The van der Waals surface area contributed by atoms with Gasteiger partial charge in [-0.1, -0.05) is 164 Å². The van der Waals surface area contributed by atoms with Crippen LogP contribution >= 0.6 is 0 Å². The van der Waals surface area contributed by atoms with E-state index in [2.05, 4.69) is 162 Å². The lowest BCUT2D eigenvalue weighted by Gasteiger charge is -2.55. The van der Waals surface area contributed by atoms with Crippen molar-refractivity contribution in [3.05, 3.63) is 148 Å². The van der Waals surface area contributed by atoms with Gasteiger partial charge in [-0.2, -0.15) is 0 Å². The lowest BCUT2D eigenvalue weighted by molar-refractivity contribution is -0.539. The van der Waals surface area contributed by atoms with E-state index in [4.69, 9.17) is 0 Å². The Labute approximate surface area is 257 Å². The molecule has 3 aliphatic heterocycles. The van der Waals surface area contributed by atoms with E-state index in [-0.39, 0.29) is 10.8 Å². The van der Waals surface area contributed by atoms with E-state index < -0.39 is 6.28 Å². The summed E-state index contributed by atoms with van der Waals surface area (Å²) in [5.41, 5.74) is 15.4. The molecule has 0 atom stereocenters. The van der Waals surface area contributed by atoms with Crippen LogP contribution in [-0.4, -0.2) is 20.4 Å². The Morgan fingerprint density at radius 1 is 0.535 bits per heavy atom. The summed E-state index contributed by atoms with van der Waals surface area (Å²) in [5, 5.41) is 0. The Morgan fingerprint density at radius 2 is 0.977 bits per heavy atom. The lowest BCUT2D eigenvalue weighted by Crippen LogP contribution is -2.90. The largest absolute Gasteiger partial charge is 0.415 e. The average Bonchev–Trinajstić information content (AvgIpc) is 3.16. The molecular weight excluding hydrogens is 519 g/mol. The van der Waals surface area contributed by atoms with Crippen molar-refractivity contribution in [3.8, 4) is 0 Å². The number of hydrogen-bond donors (Lipinski definition) is 0. The van der Waals surface area contributed by atoms with Crippen LogP contribution in [0.15, 0.2) is 109 Å². The first-order chi connectivity index (χ1) is 20.6. The fourth-order valence-electron chi connectivity index (χ4n) is 8.46. The molecule has 0 saturated carbocycles. The summed E-state index contributed by atoms with van der Waals surface area (Å²) >= 11 is 0. The first kappa shape index (κ1) is 27.5. The number of benzene rings is 4. The molecular formula is C40H41BN2. The minimum Gasteiger partial charge on any atom is -0.415 e. The second kappa shape index (κ2) is 9.57. The molecule has 43 heavy (non-hydrogen) atoms. The van der Waals surface area contributed by atoms with Crippen molar-refractivity contribution in [1.82, 2.24) is 0 Å². The predicted octanol–water partition coefficient (Wildman–Crippen LogP) is 6.31. The Morgan fingerprint density at radius 3 is 1.40 bits per heavy atom. The molecule has 0 fully saturated rings. The molecule has 1 aromatic heterocycles. The monoisotopic (exact) mass is 560 g/mol. The van der Waals surface area contributed by atoms with Crippen LogP contribution in [0.1, 0.15) is 66.6 Å². The quantitative estimate of drug-likeness (QED) is 0.225. The Kier molecular flexibility index (Phi) is 6.12. The number of hydrogen-bond acceptors (Lipinski definition) is 1. The van der Waals surface area contributed by atoms with Gasteiger partial charge in [-0.25, -0.2) is 0 Å². The normalized spacial score (nSPS) is 16.7. The molecule has 0 aliphatic carbocycles. The first-order valence-electron chi connectivity index (χ1n) is 15.6. The highest BCUT2D eigenvalue weighted by molar-refractivity contribution is 7.08. The third kappa shape index (κ3) is 3.77. The van der Waals surface area contributed by atoms with Gasteiger partial charge in [-0.05, 0) is 6.92 Å². The molecule has 0 unspecified atom stereocenters. The fraction of sp³-hybridized carbons (Fsp3) is 0.225. The molecule has 0 radical (unpaired) electrons. The van der Waals surface area contributed by atoms with Crippen LogP contribution in [0.3, 0.4) is 0 Å². The second-order valence-electron chi connectivity index (χ2n) is 13.8. The van der Waals surface area contributed by atoms with Crippen molar-refractivity contribution in [2.45, 2.75) is 45.4 Å². The molecule has 4 aromatic carbocycles. The minimum absolute atomic E-state index is 0.0905. The van der Waals surface area contributed by atoms with Crippen molar-refractivity contribution in [1.29, 1.82) is 0 Å². The van der Waals surface area contributed by atoms with Gasteiger partial charge in [0.1, 0.15) is 12.4 Å². The van der Waals surface area contributed by atoms with Gasteiger partial charge in [-0.15, -0.1) is 16.4 Å². The third-order valence-corrected chi connectivity index (χ3v) is 10.5. The summed E-state index contributed by atoms with van der Waals surface area (Å²) < 4.78 is 2.57. The summed E-state index contributed by atoms with van der Waals surface area (Å²) in [7, 11) is 4.23. The van der Waals surface area contributed by atoms with E-state index >= 15 is 0 Å². The number of anilines is 1. The number of aryl methyl sites for hydroxylation is 1. The molecule has 0 amide bonds. The lowest BCUT2D eigenvalue weighted by atomic mass is 9.16. The van der Waals surface area contributed by atoms with Crippen molar-refractivity contribution >= 4 is 40.5 Å². The van der Waals surface area contributed by atoms with E-state index in [0.29, 0.717) is 0 Å². The highest BCUT2D eigenvalue weighted by Gasteiger charge is 2.58. The summed E-state index contributed by atoms with van der Waals surface area (Å²) in [6.07, 6.45) is 7.94. The summed E-state index contributed by atoms with van der Waals surface area (Å²) in [6.45, 7) is 11.8. The van der Waals surface area contributed by atoms with Gasteiger partial charge < -0.3 is 9.38 Å². The highest BCUT2D eigenvalue weighted by Crippen LogP contribution is 2.44. The van der Waals surface area contributed by atoms with E-state index in [1.54, 1.807) is 0 Å².